The van der Waals surface area contributed by atoms with Crippen molar-refractivity contribution in [2.24, 2.45) is 4.99 Å². The van der Waals surface area contributed by atoms with E-state index in [0.29, 0.717) is 5.75 Å². The van der Waals surface area contributed by atoms with Gasteiger partial charge in [0.1, 0.15) is 5.75 Å². The van der Waals surface area contributed by atoms with Gasteiger partial charge in [-0.05, 0) is 11.3 Å². The van der Waals surface area contributed by atoms with E-state index in [1.165, 1.54) is 0 Å². The number of hydrogen-bond acceptors (Lipinski definition) is 2. The van der Waals surface area contributed by atoms with E-state index in [4.69, 9.17) is 0 Å². The summed E-state index contributed by atoms with van der Waals surface area (Å²) in [5, 5.41) is 11.1. The van der Waals surface area contributed by atoms with Gasteiger partial charge in [0.2, 0.25) is 0 Å². The molecule has 2 nitrogen and oxygen atoms in total. The largest absolute Gasteiger partial charge is 0.507 e. The number of para-hydroxylation sites is 1. The Balaban J connectivity index is 3.28. The molecular weight excluding hydrogens is 190 g/mol. The molecule has 0 fully saturated rings. The van der Waals surface area contributed by atoms with Crippen LogP contribution in [0.2, 0.25) is 19.6 Å². The Kier molecular flexibility index (Phi) is 3.11. The Labute approximate surface area is 86.3 Å². The van der Waals surface area contributed by atoms with E-state index in [-0.39, 0.29) is 0 Å². The SMILES string of the molecule is CN=Cc1cccc([Si](C)(C)C)c1O. The Bertz CT molecular complexity index is 353. The maximum absolute atomic E-state index is 10.00. The fourth-order valence-electron chi connectivity index (χ4n) is 1.41. The molecule has 0 aliphatic heterocycles. The molecule has 0 saturated heterocycles. The molecule has 1 rings (SSSR count). The first-order valence-electron chi connectivity index (χ1n) is 4.71. The topological polar surface area (TPSA) is 32.6 Å². The summed E-state index contributed by atoms with van der Waals surface area (Å²) in [4.78, 5) is 3.92. The van der Waals surface area contributed by atoms with Crippen LogP contribution in [0.25, 0.3) is 0 Å². The Morgan fingerprint density at radius 1 is 1.29 bits per heavy atom. The summed E-state index contributed by atoms with van der Waals surface area (Å²) in [6.45, 7) is 6.65. The quantitative estimate of drug-likeness (QED) is 0.584. The summed E-state index contributed by atoms with van der Waals surface area (Å²) in [6.07, 6.45) is 1.69. The van der Waals surface area contributed by atoms with Crippen LogP contribution >= 0.6 is 0 Å². The van der Waals surface area contributed by atoms with Crippen molar-refractivity contribution in [3.05, 3.63) is 23.8 Å². The van der Waals surface area contributed by atoms with Crippen LogP contribution in [0.1, 0.15) is 5.56 Å². The molecule has 0 bridgehead atoms. The lowest BCUT2D eigenvalue weighted by Gasteiger charge is -2.18. The van der Waals surface area contributed by atoms with Crippen LogP contribution in [0.5, 0.6) is 5.75 Å². The number of phenols is 1. The van der Waals surface area contributed by atoms with Crippen molar-refractivity contribution in [1.82, 2.24) is 0 Å². The monoisotopic (exact) mass is 207 g/mol. The van der Waals surface area contributed by atoms with Gasteiger partial charge in [0.25, 0.3) is 0 Å². The van der Waals surface area contributed by atoms with Gasteiger partial charge < -0.3 is 5.11 Å². The molecule has 14 heavy (non-hydrogen) atoms. The van der Waals surface area contributed by atoms with E-state index < -0.39 is 8.07 Å². The number of aromatic hydroxyl groups is 1. The lowest BCUT2D eigenvalue weighted by molar-refractivity contribution is 0.478. The third-order valence-electron chi connectivity index (χ3n) is 2.14. The minimum absolute atomic E-state index is 0.400. The fourth-order valence-corrected chi connectivity index (χ4v) is 2.86. The molecule has 3 heteroatoms. The molecule has 0 amide bonds. The predicted octanol–water partition coefficient (Wildman–Crippen LogP) is 1.99. The van der Waals surface area contributed by atoms with Gasteiger partial charge in [-0.3, -0.25) is 4.99 Å². The van der Waals surface area contributed by atoms with E-state index >= 15 is 0 Å². The van der Waals surface area contributed by atoms with Crippen molar-refractivity contribution in [2.75, 3.05) is 7.05 Å². The van der Waals surface area contributed by atoms with E-state index in [1.807, 2.05) is 18.2 Å². The molecule has 1 aromatic rings. The predicted molar refractivity (Wildman–Crippen MR) is 64.6 cm³/mol. The van der Waals surface area contributed by atoms with Crippen LogP contribution in [0, 0.1) is 0 Å². The van der Waals surface area contributed by atoms with Crippen molar-refractivity contribution < 1.29 is 5.11 Å². The fraction of sp³-hybridized carbons (Fsp3) is 0.364. The third-order valence-corrected chi connectivity index (χ3v) is 4.16. The number of hydrogen-bond donors (Lipinski definition) is 1. The first-order valence-corrected chi connectivity index (χ1v) is 8.21. The zero-order valence-electron chi connectivity index (χ0n) is 9.20. The highest BCUT2D eigenvalue weighted by Gasteiger charge is 2.21. The van der Waals surface area contributed by atoms with E-state index in [1.54, 1.807) is 13.3 Å². The number of nitrogens with zero attached hydrogens (tertiary/aromatic N) is 1. The first kappa shape index (κ1) is 11.0. The summed E-state index contributed by atoms with van der Waals surface area (Å²) in [5.41, 5.74) is 0.812. The molecule has 0 spiro atoms. The average Bonchev–Trinajstić information content (AvgIpc) is 2.07. The first-order chi connectivity index (χ1) is 6.46. The molecular formula is C11H17NOSi. The van der Waals surface area contributed by atoms with Gasteiger partial charge in [-0.1, -0.05) is 31.8 Å². The van der Waals surface area contributed by atoms with Crippen LogP contribution in [0.4, 0.5) is 0 Å². The van der Waals surface area contributed by atoms with Gasteiger partial charge in [0, 0.05) is 18.8 Å². The van der Waals surface area contributed by atoms with E-state index in [9.17, 15) is 5.11 Å². The van der Waals surface area contributed by atoms with Crippen molar-refractivity contribution in [3.63, 3.8) is 0 Å². The van der Waals surface area contributed by atoms with Crippen molar-refractivity contribution >= 4 is 19.5 Å². The second kappa shape index (κ2) is 3.96. The van der Waals surface area contributed by atoms with Crippen LogP contribution in [-0.2, 0) is 0 Å². The lowest BCUT2D eigenvalue weighted by atomic mass is 10.2. The molecule has 0 radical (unpaired) electrons. The molecule has 76 valence electrons. The Morgan fingerprint density at radius 2 is 1.93 bits per heavy atom. The Hall–Kier alpha value is -1.09. The van der Waals surface area contributed by atoms with Gasteiger partial charge in [-0.2, -0.15) is 0 Å². The normalized spacial score (nSPS) is 12.3. The van der Waals surface area contributed by atoms with Crippen molar-refractivity contribution in [1.29, 1.82) is 0 Å². The second-order valence-electron chi connectivity index (χ2n) is 4.38. The zero-order valence-corrected chi connectivity index (χ0v) is 10.2. The summed E-state index contributed by atoms with van der Waals surface area (Å²) in [7, 11) is 0.259. The zero-order chi connectivity index (χ0) is 10.8. The molecule has 0 heterocycles. The van der Waals surface area contributed by atoms with Crippen molar-refractivity contribution in [3.8, 4) is 5.75 Å². The minimum Gasteiger partial charge on any atom is -0.507 e. The molecule has 0 unspecified atom stereocenters. The number of phenolic OH excluding ortho intramolecular Hbond substituents is 1. The molecule has 1 N–H and O–H groups in total. The summed E-state index contributed by atoms with van der Waals surface area (Å²) >= 11 is 0. The summed E-state index contributed by atoms with van der Waals surface area (Å²) < 4.78 is 0. The third kappa shape index (κ3) is 2.23. The molecule has 0 aliphatic carbocycles. The van der Waals surface area contributed by atoms with Crippen LogP contribution in [0.3, 0.4) is 0 Å². The highest BCUT2D eigenvalue weighted by molar-refractivity contribution is 6.89. The highest BCUT2D eigenvalue weighted by atomic mass is 28.3. The van der Waals surface area contributed by atoms with E-state index in [0.717, 1.165) is 10.8 Å². The Morgan fingerprint density at radius 3 is 2.43 bits per heavy atom. The molecule has 1 aromatic carbocycles. The lowest BCUT2D eigenvalue weighted by Crippen LogP contribution is -2.37. The number of aliphatic imine (C=N–C) groups is 1. The molecule has 0 aromatic heterocycles. The molecule has 0 saturated carbocycles. The maximum atomic E-state index is 10.00. The van der Waals surface area contributed by atoms with Gasteiger partial charge >= 0.3 is 0 Å². The van der Waals surface area contributed by atoms with Gasteiger partial charge in [-0.25, -0.2) is 0 Å². The maximum Gasteiger partial charge on any atom is 0.123 e. The number of benzene rings is 1. The minimum atomic E-state index is -1.45. The molecule has 0 atom stereocenters. The second-order valence-corrected chi connectivity index (χ2v) is 9.42. The van der Waals surface area contributed by atoms with Crippen LogP contribution < -0.4 is 5.19 Å². The van der Waals surface area contributed by atoms with Gasteiger partial charge in [-0.15, -0.1) is 0 Å². The standard InChI is InChI=1S/C11H17NOSi/c1-12-8-9-6-5-7-10(11(9)13)14(2,3)4/h5-8,13H,1-4H3. The van der Waals surface area contributed by atoms with Gasteiger partial charge in [0.15, 0.2) is 0 Å². The van der Waals surface area contributed by atoms with Crippen LogP contribution in [-0.4, -0.2) is 26.4 Å². The number of rotatable bonds is 2. The summed E-state index contributed by atoms with van der Waals surface area (Å²) in [5.74, 6) is 0.400. The summed E-state index contributed by atoms with van der Waals surface area (Å²) in [6, 6.07) is 5.87. The highest BCUT2D eigenvalue weighted by Crippen LogP contribution is 2.16. The molecule has 0 aliphatic rings. The average molecular weight is 207 g/mol. The van der Waals surface area contributed by atoms with Gasteiger partial charge in [0.05, 0.1) is 8.07 Å². The van der Waals surface area contributed by atoms with E-state index in [2.05, 4.69) is 24.6 Å². The van der Waals surface area contributed by atoms with Crippen molar-refractivity contribution in [2.45, 2.75) is 19.6 Å². The van der Waals surface area contributed by atoms with Crippen LogP contribution in [0.15, 0.2) is 23.2 Å². The smallest absolute Gasteiger partial charge is 0.123 e.